The van der Waals surface area contributed by atoms with E-state index in [0.29, 0.717) is 17.6 Å². The van der Waals surface area contributed by atoms with Crippen LogP contribution >= 0.6 is 15.9 Å². The van der Waals surface area contributed by atoms with Gasteiger partial charge in [-0.05, 0) is 25.0 Å². The van der Waals surface area contributed by atoms with Gasteiger partial charge in [-0.3, -0.25) is 0 Å². The van der Waals surface area contributed by atoms with Crippen molar-refractivity contribution in [2.45, 2.75) is 19.2 Å². The fourth-order valence-corrected chi connectivity index (χ4v) is 2.37. The lowest BCUT2D eigenvalue weighted by Crippen LogP contribution is -2.23. The molecule has 0 radical (unpaired) electrons. The Bertz CT molecular complexity index is 443. The van der Waals surface area contributed by atoms with Crippen molar-refractivity contribution < 1.29 is 22.3 Å². The van der Waals surface area contributed by atoms with Gasteiger partial charge < -0.3 is 9.64 Å². The molecule has 1 aliphatic rings. The first-order valence-electron chi connectivity index (χ1n) is 5.36. The normalized spacial score (nSPS) is 16.2. The quantitative estimate of drug-likeness (QED) is 0.759. The Hall–Kier alpha value is -0.980. The summed E-state index contributed by atoms with van der Waals surface area (Å²) < 4.78 is 54.6. The van der Waals surface area contributed by atoms with Crippen LogP contribution in [0.2, 0.25) is 0 Å². The van der Waals surface area contributed by atoms with Gasteiger partial charge in [-0.1, -0.05) is 15.9 Å². The smallest absolute Gasteiger partial charge is 0.400 e. The van der Waals surface area contributed by atoms with Crippen molar-refractivity contribution >= 4 is 21.6 Å². The summed E-state index contributed by atoms with van der Waals surface area (Å²) in [6.45, 7) is 1.20. The molecule has 0 spiro atoms. The highest BCUT2D eigenvalue weighted by Crippen LogP contribution is 2.39. The maximum Gasteiger partial charge on any atom is 0.573 e. The number of hydrogen-bond acceptors (Lipinski definition) is 2. The number of benzene rings is 1. The van der Waals surface area contributed by atoms with E-state index in [1.165, 1.54) is 6.07 Å². The van der Waals surface area contributed by atoms with E-state index in [4.69, 9.17) is 0 Å². The molecule has 1 heterocycles. The highest BCUT2D eigenvalue weighted by Gasteiger charge is 2.35. The minimum Gasteiger partial charge on any atom is -0.400 e. The van der Waals surface area contributed by atoms with Gasteiger partial charge in [-0.25, -0.2) is 4.39 Å². The second-order valence-electron chi connectivity index (χ2n) is 3.98. The van der Waals surface area contributed by atoms with Gasteiger partial charge in [0.25, 0.3) is 0 Å². The Labute approximate surface area is 110 Å². The Morgan fingerprint density at radius 2 is 1.78 bits per heavy atom. The molecule has 1 aliphatic heterocycles. The summed E-state index contributed by atoms with van der Waals surface area (Å²) in [5.41, 5.74) is 0.136. The third-order valence-corrected chi connectivity index (χ3v) is 3.11. The summed E-state index contributed by atoms with van der Waals surface area (Å²) >= 11 is 3.07. The number of alkyl halides is 3. The molecule has 2 rings (SSSR count). The predicted octanol–water partition coefficient (Wildman–Crippen LogP) is 4.09. The van der Waals surface area contributed by atoms with Crippen LogP contribution in [0.15, 0.2) is 16.6 Å². The summed E-state index contributed by atoms with van der Waals surface area (Å²) in [6.07, 6.45) is -3.15. The summed E-state index contributed by atoms with van der Waals surface area (Å²) in [6, 6.07) is 2.40. The molecule has 0 amide bonds. The van der Waals surface area contributed by atoms with Crippen LogP contribution in [-0.4, -0.2) is 19.5 Å². The zero-order chi connectivity index (χ0) is 13.3. The van der Waals surface area contributed by atoms with Gasteiger partial charge in [0.1, 0.15) is 0 Å². The van der Waals surface area contributed by atoms with E-state index in [9.17, 15) is 17.6 Å². The number of anilines is 1. The molecule has 1 aromatic rings. The molecule has 0 aromatic heterocycles. The van der Waals surface area contributed by atoms with Gasteiger partial charge in [0.15, 0.2) is 11.6 Å². The number of nitrogens with zero attached hydrogens (tertiary/aromatic N) is 1. The zero-order valence-corrected chi connectivity index (χ0v) is 10.8. The van der Waals surface area contributed by atoms with Crippen LogP contribution in [0.3, 0.4) is 0 Å². The lowest BCUT2D eigenvalue weighted by Gasteiger charge is -2.22. The monoisotopic (exact) mass is 327 g/mol. The summed E-state index contributed by atoms with van der Waals surface area (Å²) in [4.78, 5) is 1.69. The van der Waals surface area contributed by atoms with Crippen molar-refractivity contribution in [3.05, 3.63) is 22.4 Å². The molecule has 1 aromatic carbocycles. The standard InChI is InChI=1S/C11H10BrF4NO/c12-7-5-8(13)10(18-11(14,15)16)9(6-7)17-3-1-2-4-17/h5-6H,1-4H2. The highest BCUT2D eigenvalue weighted by atomic mass is 79.9. The lowest BCUT2D eigenvalue weighted by molar-refractivity contribution is -0.275. The molecule has 2 nitrogen and oxygen atoms in total. The van der Waals surface area contributed by atoms with Gasteiger partial charge in [0.05, 0.1) is 5.69 Å². The van der Waals surface area contributed by atoms with E-state index in [1.54, 1.807) is 4.90 Å². The zero-order valence-electron chi connectivity index (χ0n) is 9.23. The molecular formula is C11H10BrF4NO. The van der Waals surface area contributed by atoms with E-state index in [0.717, 1.165) is 18.9 Å². The summed E-state index contributed by atoms with van der Waals surface area (Å²) in [7, 11) is 0. The molecule has 0 bridgehead atoms. The molecule has 7 heteroatoms. The number of rotatable bonds is 2. The van der Waals surface area contributed by atoms with E-state index in [1.807, 2.05) is 0 Å². The van der Waals surface area contributed by atoms with Crippen LogP contribution in [0.5, 0.6) is 5.75 Å². The average Bonchev–Trinajstić information content (AvgIpc) is 2.73. The van der Waals surface area contributed by atoms with Crippen LogP contribution in [0, 0.1) is 5.82 Å². The van der Waals surface area contributed by atoms with E-state index >= 15 is 0 Å². The van der Waals surface area contributed by atoms with Gasteiger partial charge >= 0.3 is 6.36 Å². The first-order valence-corrected chi connectivity index (χ1v) is 6.16. The maximum absolute atomic E-state index is 13.6. The van der Waals surface area contributed by atoms with Crippen molar-refractivity contribution in [3.63, 3.8) is 0 Å². The van der Waals surface area contributed by atoms with Crippen molar-refractivity contribution in [1.82, 2.24) is 0 Å². The van der Waals surface area contributed by atoms with Gasteiger partial charge in [-0.15, -0.1) is 13.2 Å². The van der Waals surface area contributed by atoms with Crippen LogP contribution in [-0.2, 0) is 0 Å². The third kappa shape index (κ3) is 3.07. The van der Waals surface area contributed by atoms with Crippen molar-refractivity contribution in [2.75, 3.05) is 18.0 Å². The predicted molar refractivity (Wildman–Crippen MR) is 62.2 cm³/mol. The summed E-state index contributed by atoms with van der Waals surface area (Å²) in [5, 5.41) is 0. The molecule has 0 aliphatic carbocycles. The van der Waals surface area contributed by atoms with Crippen LogP contribution in [0.4, 0.5) is 23.2 Å². The first-order chi connectivity index (χ1) is 8.37. The molecule has 0 atom stereocenters. The fraction of sp³-hybridized carbons (Fsp3) is 0.455. The molecule has 0 saturated carbocycles. The molecular weight excluding hydrogens is 318 g/mol. The Morgan fingerprint density at radius 3 is 2.33 bits per heavy atom. The lowest BCUT2D eigenvalue weighted by atomic mass is 10.2. The topological polar surface area (TPSA) is 12.5 Å². The van der Waals surface area contributed by atoms with Crippen LogP contribution in [0.1, 0.15) is 12.8 Å². The van der Waals surface area contributed by atoms with Gasteiger partial charge in [0, 0.05) is 17.6 Å². The largest absolute Gasteiger partial charge is 0.573 e. The van der Waals surface area contributed by atoms with Crippen molar-refractivity contribution in [1.29, 1.82) is 0 Å². The van der Waals surface area contributed by atoms with Crippen molar-refractivity contribution in [2.24, 2.45) is 0 Å². The third-order valence-electron chi connectivity index (χ3n) is 2.65. The fourth-order valence-electron chi connectivity index (χ4n) is 1.96. The molecule has 18 heavy (non-hydrogen) atoms. The maximum atomic E-state index is 13.6. The summed E-state index contributed by atoms with van der Waals surface area (Å²) in [5.74, 6) is -1.78. The SMILES string of the molecule is Fc1cc(Br)cc(N2CCCC2)c1OC(F)(F)F. The van der Waals surface area contributed by atoms with Crippen molar-refractivity contribution in [3.8, 4) is 5.75 Å². The first kappa shape index (κ1) is 13.5. The molecule has 0 N–H and O–H groups in total. The Morgan fingerprint density at radius 1 is 1.17 bits per heavy atom. The Balaban J connectivity index is 2.41. The molecule has 1 fully saturated rings. The number of hydrogen-bond donors (Lipinski definition) is 0. The van der Waals surface area contributed by atoms with Gasteiger partial charge in [-0.2, -0.15) is 0 Å². The molecule has 100 valence electrons. The highest BCUT2D eigenvalue weighted by molar-refractivity contribution is 9.10. The number of ether oxygens (including phenoxy) is 1. The van der Waals surface area contributed by atoms with Crippen LogP contribution in [0.25, 0.3) is 0 Å². The van der Waals surface area contributed by atoms with E-state index in [-0.39, 0.29) is 5.69 Å². The second kappa shape index (κ2) is 4.95. The molecule has 0 unspecified atom stereocenters. The van der Waals surface area contributed by atoms with Gasteiger partial charge in [0.2, 0.25) is 0 Å². The average molecular weight is 328 g/mol. The minimum absolute atomic E-state index is 0.136. The van der Waals surface area contributed by atoms with Crippen LogP contribution < -0.4 is 9.64 Å². The second-order valence-corrected chi connectivity index (χ2v) is 4.89. The van der Waals surface area contributed by atoms with E-state index in [2.05, 4.69) is 20.7 Å². The minimum atomic E-state index is -4.90. The van der Waals surface area contributed by atoms with E-state index < -0.39 is 17.9 Å². The molecule has 1 saturated heterocycles. The Kier molecular flexibility index (Phi) is 3.70. The number of halogens is 5.